The minimum Gasteiger partial charge on any atom is -0.506 e. The van der Waals surface area contributed by atoms with Gasteiger partial charge < -0.3 is 15.2 Å². The molecule has 2 N–H and O–H groups in total. The molecular formula is C10H12ClNO2. The number of ether oxygens (including phenoxy) is 1. The van der Waals surface area contributed by atoms with Crippen LogP contribution in [0.1, 0.15) is 18.0 Å². The number of halogens is 1. The molecule has 76 valence electrons. The van der Waals surface area contributed by atoms with Crippen molar-refractivity contribution < 1.29 is 9.84 Å². The maximum absolute atomic E-state index is 9.79. The molecule has 0 aliphatic carbocycles. The zero-order chi connectivity index (χ0) is 10.1. The average molecular weight is 214 g/mol. The van der Waals surface area contributed by atoms with E-state index >= 15 is 0 Å². The maximum Gasteiger partial charge on any atom is 0.142 e. The lowest BCUT2D eigenvalue weighted by Gasteiger charge is -2.30. The van der Waals surface area contributed by atoms with Gasteiger partial charge in [0.2, 0.25) is 0 Å². The topological polar surface area (TPSA) is 41.5 Å². The fourth-order valence-electron chi connectivity index (χ4n) is 1.61. The van der Waals surface area contributed by atoms with Crippen LogP contribution in [-0.4, -0.2) is 18.8 Å². The predicted molar refractivity (Wildman–Crippen MR) is 55.0 cm³/mol. The van der Waals surface area contributed by atoms with Crippen molar-refractivity contribution in [3.63, 3.8) is 0 Å². The molecule has 1 aromatic carbocycles. The third-order valence-corrected chi connectivity index (χ3v) is 2.82. The SMILES string of the molecule is COc1ccc(Cl)c(O)c1[C@H]1CCN1. The number of phenolic OH excluding ortho intramolecular Hbond substituents is 1. The van der Waals surface area contributed by atoms with E-state index in [1.54, 1.807) is 19.2 Å². The van der Waals surface area contributed by atoms with Gasteiger partial charge in [0.05, 0.1) is 17.7 Å². The molecule has 1 atom stereocenters. The molecular weight excluding hydrogens is 202 g/mol. The average Bonchev–Trinajstić information content (AvgIpc) is 2.10. The minimum atomic E-state index is 0.128. The van der Waals surface area contributed by atoms with Crippen LogP contribution in [0, 0.1) is 0 Å². The third kappa shape index (κ3) is 1.42. The van der Waals surface area contributed by atoms with Crippen molar-refractivity contribution in [2.75, 3.05) is 13.7 Å². The first-order valence-corrected chi connectivity index (χ1v) is 4.90. The van der Waals surface area contributed by atoms with Crippen LogP contribution in [0.4, 0.5) is 0 Å². The smallest absolute Gasteiger partial charge is 0.142 e. The van der Waals surface area contributed by atoms with Crippen molar-refractivity contribution in [2.45, 2.75) is 12.5 Å². The van der Waals surface area contributed by atoms with E-state index in [4.69, 9.17) is 16.3 Å². The largest absolute Gasteiger partial charge is 0.506 e. The lowest BCUT2D eigenvalue weighted by Crippen LogP contribution is -2.35. The number of phenols is 1. The van der Waals surface area contributed by atoms with Crippen LogP contribution in [0.3, 0.4) is 0 Å². The molecule has 0 radical (unpaired) electrons. The molecule has 0 amide bonds. The first-order valence-electron chi connectivity index (χ1n) is 4.52. The summed E-state index contributed by atoms with van der Waals surface area (Å²) in [6.45, 7) is 0.972. The highest BCUT2D eigenvalue weighted by atomic mass is 35.5. The van der Waals surface area contributed by atoms with Crippen LogP contribution in [0.5, 0.6) is 11.5 Å². The number of aromatic hydroxyl groups is 1. The van der Waals surface area contributed by atoms with Crippen LogP contribution in [0.15, 0.2) is 12.1 Å². The first kappa shape index (κ1) is 9.62. The fraction of sp³-hybridized carbons (Fsp3) is 0.400. The van der Waals surface area contributed by atoms with Gasteiger partial charge in [-0.2, -0.15) is 0 Å². The maximum atomic E-state index is 9.79. The number of nitrogens with one attached hydrogen (secondary N) is 1. The molecule has 14 heavy (non-hydrogen) atoms. The van der Waals surface area contributed by atoms with Gasteiger partial charge >= 0.3 is 0 Å². The molecule has 3 nitrogen and oxygen atoms in total. The normalized spacial score (nSPS) is 20.3. The lowest BCUT2D eigenvalue weighted by molar-refractivity contribution is 0.337. The molecule has 0 spiro atoms. The van der Waals surface area contributed by atoms with Gasteiger partial charge in [0.1, 0.15) is 11.5 Å². The molecule has 1 saturated heterocycles. The second kappa shape index (κ2) is 3.67. The van der Waals surface area contributed by atoms with E-state index in [-0.39, 0.29) is 11.8 Å². The molecule has 1 aliphatic heterocycles. The van der Waals surface area contributed by atoms with Crippen LogP contribution in [-0.2, 0) is 0 Å². The molecule has 1 aromatic rings. The first-order chi connectivity index (χ1) is 6.74. The van der Waals surface area contributed by atoms with Gasteiger partial charge in [0.15, 0.2) is 0 Å². The Bertz CT molecular complexity index is 350. The molecule has 2 rings (SSSR count). The Balaban J connectivity index is 2.46. The molecule has 1 aliphatic rings. The van der Waals surface area contributed by atoms with E-state index in [9.17, 15) is 5.11 Å². The Morgan fingerprint density at radius 2 is 2.29 bits per heavy atom. The quantitative estimate of drug-likeness (QED) is 0.791. The van der Waals surface area contributed by atoms with Gasteiger partial charge in [-0.05, 0) is 25.1 Å². The summed E-state index contributed by atoms with van der Waals surface area (Å²) in [5.41, 5.74) is 0.770. The molecule has 1 heterocycles. The number of benzene rings is 1. The molecule has 0 aromatic heterocycles. The van der Waals surface area contributed by atoms with Gasteiger partial charge in [-0.1, -0.05) is 11.6 Å². The van der Waals surface area contributed by atoms with Crippen molar-refractivity contribution in [3.8, 4) is 11.5 Å². The number of methoxy groups -OCH3 is 1. The molecule has 1 fully saturated rings. The van der Waals surface area contributed by atoms with E-state index in [1.165, 1.54) is 0 Å². The summed E-state index contributed by atoms with van der Waals surface area (Å²) in [6, 6.07) is 3.58. The number of rotatable bonds is 2. The zero-order valence-electron chi connectivity index (χ0n) is 7.88. The monoisotopic (exact) mass is 213 g/mol. The van der Waals surface area contributed by atoms with Crippen LogP contribution < -0.4 is 10.1 Å². The van der Waals surface area contributed by atoms with Gasteiger partial charge in [-0.15, -0.1) is 0 Å². The Labute approximate surface area is 87.6 Å². The summed E-state index contributed by atoms with van der Waals surface area (Å²) in [5, 5.41) is 13.4. The lowest BCUT2D eigenvalue weighted by atomic mass is 9.96. The standard InChI is InChI=1S/C10H12ClNO2/c1-14-8-3-2-6(11)10(13)9(8)7-4-5-12-7/h2-3,7,12-13H,4-5H2,1H3/t7-/m1/s1. The van der Waals surface area contributed by atoms with Gasteiger partial charge in [0, 0.05) is 6.04 Å². The zero-order valence-corrected chi connectivity index (χ0v) is 8.64. The second-order valence-corrected chi connectivity index (χ2v) is 3.71. The van der Waals surface area contributed by atoms with Crippen molar-refractivity contribution in [1.82, 2.24) is 5.32 Å². The van der Waals surface area contributed by atoms with Gasteiger partial charge in [-0.25, -0.2) is 0 Å². The van der Waals surface area contributed by atoms with Crippen molar-refractivity contribution in [3.05, 3.63) is 22.7 Å². The van der Waals surface area contributed by atoms with Crippen molar-refractivity contribution in [1.29, 1.82) is 0 Å². The molecule has 0 bridgehead atoms. The minimum absolute atomic E-state index is 0.128. The van der Waals surface area contributed by atoms with Crippen molar-refractivity contribution in [2.24, 2.45) is 0 Å². The molecule has 0 saturated carbocycles. The summed E-state index contributed by atoms with van der Waals surface area (Å²) >= 11 is 5.83. The Morgan fingerprint density at radius 3 is 2.79 bits per heavy atom. The summed E-state index contributed by atoms with van der Waals surface area (Å²) in [5.74, 6) is 0.812. The summed E-state index contributed by atoms with van der Waals surface area (Å²) < 4.78 is 5.18. The van der Waals surface area contributed by atoms with Crippen molar-refractivity contribution >= 4 is 11.6 Å². The molecule has 4 heteroatoms. The van der Waals surface area contributed by atoms with E-state index in [2.05, 4.69) is 5.32 Å². The third-order valence-electron chi connectivity index (χ3n) is 2.52. The highest BCUT2D eigenvalue weighted by Gasteiger charge is 2.26. The van der Waals surface area contributed by atoms with E-state index < -0.39 is 0 Å². The second-order valence-electron chi connectivity index (χ2n) is 3.31. The Morgan fingerprint density at radius 1 is 1.57 bits per heavy atom. The summed E-state index contributed by atoms with van der Waals surface area (Å²) in [7, 11) is 1.59. The van der Waals surface area contributed by atoms with Crippen LogP contribution in [0.2, 0.25) is 5.02 Å². The Hall–Kier alpha value is -0.930. The van der Waals surface area contributed by atoms with Crippen LogP contribution >= 0.6 is 11.6 Å². The van der Waals surface area contributed by atoms with Gasteiger partial charge in [0.25, 0.3) is 0 Å². The number of hydrogen-bond donors (Lipinski definition) is 2. The van der Waals surface area contributed by atoms with E-state index in [0.29, 0.717) is 10.8 Å². The fourth-order valence-corrected chi connectivity index (χ4v) is 1.78. The summed E-state index contributed by atoms with van der Waals surface area (Å²) in [4.78, 5) is 0. The highest BCUT2D eigenvalue weighted by Crippen LogP contribution is 2.41. The highest BCUT2D eigenvalue weighted by molar-refractivity contribution is 6.32. The predicted octanol–water partition coefficient (Wildman–Crippen LogP) is 2.09. The molecule has 0 unspecified atom stereocenters. The van der Waals surface area contributed by atoms with E-state index in [0.717, 1.165) is 18.5 Å². The number of hydrogen-bond acceptors (Lipinski definition) is 3. The van der Waals surface area contributed by atoms with Crippen LogP contribution in [0.25, 0.3) is 0 Å². The van der Waals surface area contributed by atoms with E-state index in [1.807, 2.05) is 0 Å². The van der Waals surface area contributed by atoms with Gasteiger partial charge in [-0.3, -0.25) is 0 Å². The Kier molecular flexibility index (Phi) is 2.52. The summed E-state index contributed by atoms with van der Waals surface area (Å²) in [6.07, 6.45) is 1.00.